The van der Waals surface area contributed by atoms with E-state index in [-0.39, 0.29) is 62.3 Å². The van der Waals surface area contributed by atoms with Crippen molar-refractivity contribution in [2.24, 2.45) is 0 Å². The van der Waals surface area contributed by atoms with Crippen molar-refractivity contribution in [3.8, 4) is 55.6 Å². The Labute approximate surface area is 320 Å². The Hall–Kier alpha value is -6.70. The maximum atomic E-state index is 10.4. The van der Waals surface area contributed by atoms with Gasteiger partial charge in [-0.3, -0.25) is 0 Å². The molecule has 51 heavy (non-hydrogen) atoms. The van der Waals surface area contributed by atoms with E-state index in [1.807, 2.05) is 6.07 Å². The Morgan fingerprint density at radius 3 is 1.16 bits per heavy atom. The zero-order chi connectivity index (χ0) is 48.5. The first-order valence-corrected chi connectivity index (χ1v) is 16.1. The molecule has 10 rings (SSSR count). The molecule has 0 unspecified atom stereocenters. The standard InChI is InChI=1S/C50H32O/c1-5-17-33(18-6-1)41-29-44-45-30-46(43(35-21-9-3-10-22-35)32-48(45)51-47(44)31-42(41)34-19-7-2-8-20-34)50-39-27-15-13-25-37(39)49(36-23-11-4-12-24-36)38-26-14-16-28-40(38)50/h1-32H/i4D,11D,12D,13D,14D,15D,16D,23D,24D,25D,26D,27D,28D,29D,30D,31D,32D. The second-order valence-corrected chi connectivity index (χ2v) is 11.9. The zero-order valence-corrected chi connectivity index (χ0v) is 26.6. The fourth-order valence-electron chi connectivity index (χ4n) is 6.72. The third-order valence-corrected chi connectivity index (χ3v) is 8.95. The summed E-state index contributed by atoms with van der Waals surface area (Å²) in [7, 11) is 0. The van der Waals surface area contributed by atoms with Gasteiger partial charge in [-0.05, 0) is 101 Å². The fourth-order valence-corrected chi connectivity index (χ4v) is 6.72. The molecule has 0 aliphatic rings. The molecule has 238 valence electrons. The van der Waals surface area contributed by atoms with Gasteiger partial charge in [0, 0.05) is 10.8 Å². The second-order valence-electron chi connectivity index (χ2n) is 11.9. The van der Waals surface area contributed by atoms with Crippen molar-refractivity contribution in [2.75, 3.05) is 0 Å². The van der Waals surface area contributed by atoms with Gasteiger partial charge in [0.1, 0.15) is 11.2 Å². The van der Waals surface area contributed by atoms with Crippen molar-refractivity contribution in [1.82, 2.24) is 0 Å². The molecule has 0 fully saturated rings. The number of hydrogen-bond acceptors (Lipinski definition) is 1. The Bertz CT molecular complexity index is 3740. The van der Waals surface area contributed by atoms with Crippen molar-refractivity contribution < 1.29 is 27.7 Å². The van der Waals surface area contributed by atoms with E-state index in [4.69, 9.17) is 16.8 Å². The van der Waals surface area contributed by atoms with E-state index in [0.717, 1.165) is 0 Å². The lowest BCUT2D eigenvalue weighted by Gasteiger charge is -2.20. The molecule has 0 aliphatic carbocycles. The molecular weight excluding hydrogens is 617 g/mol. The van der Waals surface area contributed by atoms with Gasteiger partial charge in [-0.25, -0.2) is 0 Å². The van der Waals surface area contributed by atoms with Crippen LogP contribution in [0.4, 0.5) is 0 Å². The molecule has 0 saturated carbocycles. The molecule has 0 atom stereocenters. The van der Waals surface area contributed by atoms with Crippen LogP contribution in [0.2, 0.25) is 0 Å². The average molecular weight is 666 g/mol. The number of hydrogen-bond donors (Lipinski definition) is 0. The zero-order valence-electron chi connectivity index (χ0n) is 43.6. The van der Waals surface area contributed by atoms with Crippen LogP contribution in [0.25, 0.3) is 99.1 Å². The van der Waals surface area contributed by atoms with Crippen LogP contribution in [0.15, 0.2) is 198 Å². The van der Waals surface area contributed by atoms with Crippen molar-refractivity contribution in [1.29, 1.82) is 0 Å². The SMILES string of the molecule is [2H]c1c([2H])c([2H])c(-c2c3c([2H])c([2H])c([2H])c([2H])c3c(-c3c(-c4ccccc4)c([2H])c4oc5c([2H])c(-c6ccccc6)c(-c6ccccc6)c([2H])c5c4c3[2H])c3c([2H])c([2H])c([2H])c([2H])c23)c([2H])c1[2H]. The number of fused-ring (bicyclic) bond motifs is 5. The Kier molecular flexibility index (Phi) is 3.96. The molecule has 9 aromatic carbocycles. The van der Waals surface area contributed by atoms with Crippen molar-refractivity contribution >= 4 is 43.5 Å². The molecular formula is C50H32O. The lowest BCUT2D eigenvalue weighted by molar-refractivity contribution is 0.669. The van der Waals surface area contributed by atoms with E-state index in [1.54, 1.807) is 84.9 Å². The minimum atomic E-state index is -0.811. The summed E-state index contributed by atoms with van der Waals surface area (Å²) in [5.41, 5.74) is 0.0275. The van der Waals surface area contributed by atoms with Gasteiger partial charge in [0.05, 0.1) is 23.3 Å². The molecule has 1 heterocycles. The molecule has 0 spiro atoms. The van der Waals surface area contributed by atoms with E-state index < -0.39 is 117 Å². The van der Waals surface area contributed by atoms with Crippen molar-refractivity contribution in [3.63, 3.8) is 0 Å². The molecule has 0 saturated heterocycles. The third-order valence-electron chi connectivity index (χ3n) is 8.95. The number of benzene rings is 9. The first-order chi connectivity index (χ1) is 32.4. The van der Waals surface area contributed by atoms with Crippen LogP contribution >= 0.6 is 0 Å². The van der Waals surface area contributed by atoms with E-state index in [0.29, 0.717) is 22.3 Å². The largest absolute Gasteiger partial charge is 0.456 e. The average Bonchev–Trinajstić information content (AvgIpc) is 3.77. The van der Waals surface area contributed by atoms with Gasteiger partial charge in [0.25, 0.3) is 0 Å². The van der Waals surface area contributed by atoms with Crippen molar-refractivity contribution in [3.05, 3.63) is 194 Å². The van der Waals surface area contributed by atoms with Gasteiger partial charge >= 0.3 is 0 Å². The molecule has 0 N–H and O–H groups in total. The Balaban J connectivity index is 1.54. The quantitative estimate of drug-likeness (QED) is 0.167. The molecule has 0 bridgehead atoms. The minimum absolute atomic E-state index is 0.0314. The highest BCUT2D eigenvalue weighted by atomic mass is 16.3. The summed E-state index contributed by atoms with van der Waals surface area (Å²) < 4.78 is 164. The molecule has 1 heteroatoms. The molecule has 0 aliphatic heterocycles. The van der Waals surface area contributed by atoms with Crippen LogP contribution in [0, 0.1) is 0 Å². The summed E-state index contributed by atoms with van der Waals surface area (Å²) in [6, 6.07) is 14.7. The summed E-state index contributed by atoms with van der Waals surface area (Å²) >= 11 is 0. The topological polar surface area (TPSA) is 13.1 Å². The van der Waals surface area contributed by atoms with Crippen LogP contribution in [0.3, 0.4) is 0 Å². The smallest absolute Gasteiger partial charge is 0.136 e. The first kappa shape index (κ1) is 16.8. The van der Waals surface area contributed by atoms with Gasteiger partial charge in [0.15, 0.2) is 0 Å². The molecule has 10 aromatic rings. The highest BCUT2D eigenvalue weighted by Gasteiger charge is 2.22. The third kappa shape index (κ3) is 4.86. The lowest BCUT2D eigenvalue weighted by Crippen LogP contribution is -1.93. The maximum Gasteiger partial charge on any atom is 0.136 e. The highest BCUT2D eigenvalue weighted by molar-refractivity contribution is 6.23. The summed E-state index contributed by atoms with van der Waals surface area (Å²) in [6.45, 7) is 0. The maximum absolute atomic E-state index is 10.4. The molecule has 0 radical (unpaired) electrons. The van der Waals surface area contributed by atoms with Gasteiger partial charge < -0.3 is 4.42 Å². The van der Waals surface area contributed by atoms with E-state index in [1.165, 1.54) is 0 Å². The normalized spacial score (nSPS) is 16.2. The van der Waals surface area contributed by atoms with Crippen LogP contribution in [-0.4, -0.2) is 0 Å². The van der Waals surface area contributed by atoms with E-state index in [2.05, 4.69) is 0 Å². The van der Waals surface area contributed by atoms with Crippen molar-refractivity contribution in [2.45, 2.75) is 0 Å². The monoisotopic (exact) mass is 665 g/mol. The van der Waals surface area contributed by atoms with Gasteiger partial charge in [-0.1, -0.05) is 170 Å². The fraction of sp³-hybridized carbons (Fsp3) is 0. The Morgan fingerprint density at radius 2 is 0.686 bits per heavy atom. The van der Waals surface area contributed by atoms with Gasteiger partial charge in [0.2, 0.25) is 0 Å². The second kappa shape index (κ2) is 12.0. The summed E-state index contributed by atoms with van der Waals surface area (Å²) in [5, 5.41) is -1.98. The van der Waals surface area contributed by atoms with Crippen LogP contribution < -0.4 is 0 Å². The van der Waals surface area contributed by atoms with Crippen LogP contribution in [0.5, 0.6) is 0 Å². The first-order valence-electron chi connectivity index (χ1n) is 24.6. The van der Waals surface area contributed by atoms with Crippen LogP contribution in [-0.2, 0) is 0 Å². The summed E-state index contributed by atoms with van der Waals surface area (Å²) in [5.74, 6) is 0. The van der Waals surface area contributed by atoms with E-state index >= 15 is 0 Å². The molecule has 1 aromatic heterocycles. The lowest BCUT2D eigenvalue weighted by atomic mass is 9.83. The van der Waals surface area contributed by atoms with Crippen LogP contribution in [0.1, 0.15) is 23.3 Å². The molecule has 1 nitrogen and oxygen atoms in total. The number of furan rings is 1. The number of rotatable bonds is 5. The van der Waals surface area contributed by atoms with Gasteiger partial charge in [-0.2, -0.15) is 0 Å². The van der Waals surface area contributed by atoms with Gasteiger partial charge in [-0.15, -0.1) is 0 Å². The highest BCUT2D eigenvalue weighted by Crippen LogP contribution is 2.48. The summed E-state index contributed by atoms with van der Waals surface area (Å²) in [6.07, 6.45) is 0. The molecule has 0 amide bonds. The predicted octanol–water partition coefficient (Wildman–Crippen LogP) is 14.2. The predicted molar refractivity (Wildman–Crippen MR) is 216 cm³/mol. The Morgan fingerprint density at radius 1 is 0.314 bits per heavy atom. The van der Waals surface area contributed by atoms with E-state index in [9.17, 15) is 11.0 Å². The summed E-state index contributed by atoms with van der Waals surface area (Å²) in [4.78, 5) is 0. The minimum Gasteiger partial charge on any atom is -0.456 e.